The lowest BCUT2D eigenvalue weighted by Gasteiger charge is -2.16. The topological polar surface area (TPSA) is 118 Å². The van der Waals surface area contributed by atoms with Gasteiger partial charge in [-0.1, -0.05) is 19.1 Å². The van der Waals surface area contributed by atoms with E-state index in [2.05, 4.69) is 15.4 Å². The van der Waals surface area contributed by atoms with E-state index in [1.807, 2.05) is 13.8 Å². The summed E-state index contributed by atoms with van der Waals surface area (Å²) in [6, 6.07) is 8.80. The zero-order chi connectivity index (χ0) is 22.1. The van der Waals surface area contributed by atoms with Gasteiger partial charge in [0.25, 0.3) is 0 Å². The molecule has 0 radical (unpaired) electrons. The van der Waals surface area contributed by atoms with Crippen molar-refractivity contribution in [2.45, 2.75) is 50.7 Å². The molecule has 2 atom stereocenters. The quantitative estimate of drug-likeness (QED) is 0.497. The van der Waals surface area contributed by atoms with E-state index < -0.39 is 22.0 Å². The van der Waals surface area contributed by atoms with E-state index in [1.54, 1.807) is 37.3 Å². The summed E-state index contributed by atoms with van der Waals surface area (Å²) in [6.45, 7) is 5.52. The van der Waals surface area contributed by atoms with Gasteiger partial charge in [-0.15, -0.1) is 0 Å². The number of amides is 2. The monoisotopic (exact) mass is 433 g/mol. The second-order valence-electron chi connectivity index (χ2n) is 6.85. The number of nitrogens with one attached hydrogen (secondary N) is 3. The highest BCUT2D eigenvalue weighted by molar-refractivity contribution is 7.89. The SMILES string of the molecule is CCC(C)NC(=O)C(C)NC(=O)/C=C/c1ccc(S(=O)(=O)NCc2ccco2)cc1. The third kappa shape index (κ3) is 7.16. The van der Waals surface area contributed by atoms with Gasteiger partial charge in [-0.3, -0.25) is 9.59 Å². The molecule has 8 nitrogen and oxygen atoms in total. The van der Waals surface area contributed by atoms with Crippen LogP contribution in [0.5, 0.6) is 0 Å². The molecular formula is C21H27N3O5S. The standard InChI is InChI=1S/C21H27N3O5S/c1-4-15(2)23-21(26)16(3)24-20(25)12-9-17-7-10-19(11-8-17)30(27,28)22-14-18-6-5-13-29-18/h5-13,15-16,22H,4,14H2,1-3H3,(H,23,26)(H,24,25)/b12-9+. The molecule has 0 saturated carbocycles. The summed E-state index contributed by atoms with van der Waals surface area (Å²) in [7, 11) is -3.68. The van der Waals surface area contributed by atoms with Crippen LogP contribution in [-0.2, 0) is 26.2 Å². The lowest BCUT2D eigenvalue weighted by atomic mass is 10.2. The first-order valence-corrected chi connectivity index (χ1v) is 11.1. The first-order chi connectivity index (χ1) is 14.2. The molecule has 162 valence electrons. The van der Waals surface area contributed by atoms with Crippen molar-refractivity contribution in [2.75, 3.05) is 0 Å². The number of furan rings is 1. The Bertz CT molecular complexity index is 967. The second-order valence-corrected chi connectivity index (χ2v) is 8.62. The van der Waals surface area contributed by atoms with Crippen LogP contribution in [0.25, 0.3) is 6.08 Å². The van der Waals surface area contributed by atoms with E-state index in [0.29, 0.717) is 11.3 Å². The molecule has 30 heavy (non-hydrogen) atoms. The van der Waals surface area contributed by atoms with Crippen LogP contribution in [0, 0.1) is 0 Å². The average Bonchev–Trinajstić information content (AvgIpc) is 3.24. The summed E-state index contributed by atoms with van der Waals surface area (Å²) in [5, 5.41) is 5.39. The Morgan fingerprint density at radius 3 is 2.40 bits per heavy atom. The number of hydrogen-bond acceptors (Lipinski definition) is 5. The molecule has 1 heterocycles. The van der Waals surface area contributed by atoms with Crippen molar-refractivity contribution in [2.24, 2.45) is 0 Å². The zero-order valence-corrected chi connectivity index (χ0v) is 18.0. The molecule has 2 rings (SSSR count). The highest BCUT2D eigenvalue weighted by Crippen LogP contribution is 2.12. The molecule has 0 bridgehead atoms. The van der Waals surface area contributed by atoms with Gasteiger partial charge in [0.15, 0.2) is 0 Å². The van der Waals surface area contributed by atoms with Crippen molar-refractivity contribution >= 4 is 27.9 Å². The summed E-state index contributed by atoms with van der Waals surface area (Å²) < 4.78 is 32.2. The maximum absolute atomic E-state index is 12.3. The molecule has 2 amide bonds. The molecule has 0 aliphatic heterocycles. The molecule has 0 aliphatic rings. The Morgan fingerprint density at radius 1 is 1.10 bits per heavy atom. The Morgan fingerprint density at radius 2 is 1.80 bits per heavy atom. The van der Waals surface area contributed by atoms with Crippen molar-refractivity contribution in [1.29, 1.82) is 0 Å². The summed E-state index contributed by atoms with van der Waals surface area (Å²) in [4.78, 5) is 24.1. The minimum Gasteiger partial charge on any atom is -0.468 e. The molecule has 2 aromatic rings. The van der Waals surface area contributed by atoms with Gasteiger partial charge in [-0.25, -0.2) is 13.1 Å². The molecule has 0 spiro atoms. The number of sulfonamides is 1. The van der Waals surface area contributed by atoms with E-state index in [-0.39, 0.29) is 23.4 Å². The fraction of sp³-hybridized carbons (Fsp3) is 0.333. The van der Waals surface area contributed by atoms with Crippen LogP contribution < -0.4 is 15.4 Å². The molecule has 2 unspecified atom stereocenters. The van der Waals surface area contributed by atoms with Crippen molar-refractivity contribution in [3.63, 3.8) is 0 Å². The lowest BCUT2D eigenvalue weighted by Crippen LogP contribution is -2.46. The van der Waals surface area contributed by atoms with Crippen LogP contribution in [0.1, 0.15) is 38.5 Å². The minimum absolute atomic E-state index is 0.0377. The lowest BCUT2D eigenvalue weighted by molar-refractivity contribution is -0.127. The molecule has 3 N–H and O–H groups in total. The molecular weight excluding hydrogens is 406 g/mol. The van der Waals surface area contributed by atoms with Crippen LogP contribution in [-0.4, -0.2) is 32.3 Å². The number of carbonyl (C=O) groups excluding carboxylic acids is 2. The van der Waals surface area contributed by atoms with Crippen molar-refractivity contribution in [3.05, 3.63) is 60.1 Å². The Hall–Kier alpha value is -2.91. The van der Waals surface area contributed by atoms with Crippen LogP contribution in [0.15, 0.2) is 58.1 Å². The van der Waals surface area contributed by atoms with E-state index in [4.69, 9.17) is 4.42 Å². The molecule has 1 aromatic heterocycles. The summed E-state index contributed by atoms with van der Waals surface area (Å²) >= 11 is 0. The van der Waals surface area contributed by atoms with Crippen molar-refractivity contribution in [3.8, 4) is 0 Å². The number of carbonyl (C=O) groups is 2. The third-order valence-electron chi connectivity index (χ3n) is 4.39. The van der Waals surface area contributed by atoms with E-state index in [0.717, 1.165) is 6.42 Å². The maximum atomic E-state index is 12.3. The van der Waals surface area contributed by atoms with Gasteiger partial charge in [0.1, 0.15) is 11.8 Å². The van der Waals surface area contributed by atoms with Gasteiger partial charge >= 0.3 is 0 Å². The zero-order valence-electron chi connectivity index (χ0n) is 17.2. The van der Waals surface area contributed by atoms with Crippen LogP contribution in [0.4, 0.5) is 0 Å². The van der Waals surface area contributed by atoms with Gasteiger partial charge in [0.2, 0.25) is 21.8 Å². The Kier molecular flexibility index (Phi) is 8.37. The predicted molar refractivity (Wildman–Crippen MR) is 114 cm³/mol. The van der Waals surface area contributed by atoms with Crippen LogP contribution in [0.3, 0.4) is 0 Å². The van der Waals surface area contributed by atoms with Crippen molar-refractivity contribution in [1.82, 2.24) is 15.4 Å². The normalized spacial score (nSPS) is 13.7. The van der Waals surface area contributed by atoms with E-state index >= 15 is 0 Å². The second kappa shape index (κ2) is 10.7. The van der Waals surface area contributed by atoms with Crippen molar-refractivity contribution < 1.29 is 22.4 Å². The molecule has 0 fully saturated rings. The largest absolute Gasteiger partial charge is 0.468 e. The van der Waals surface area contributed by atoms with Gasteiger partial charge in [0.05, 0.1) is 17.7 Å². The number of benzene rings is 1. The predicted octanol–water partition coefficient (Wildman–Crippen LogP) is 2.19. The van der Waals surface area contributed by atoms with E-state index in [9.17, 15) is 18.0 Å². The number of rotatable bonds is 10. The van der Waals surface area contributed by atoms with E-state index in [1.165, 1.54) is 24.5 Å². The molecule has 9 heteroatoms. The van der Waals surface area contributed by atoms with Crippen LogP contribution in [0.2, 0.25) is 0 Å². The summed E-state index contributed by atoms with van der Waals surface area (Å²) in [5.41, 5.74) is 0.645. The first kappa shape index (κ1) is 23.4. The molecule has 1 aromatic carbocycles. The first-order valence-electron chi connectivity index (χ1n) is 9.62. The van der Waals surface area contributed by atoms with Gasteiger partial charge in [0, 0.05) is 12.1 Å². The van der Waals surface area contributed by atoms with Gasteiger partial charge in [-0.2, -0.15) is 0 Å². The summed E-state index contributed by atoms with van der Waals surface area (Å²) in [5.74, 6) is -0.155. The molecule has 0 aliphatic carbocycles. The van der Waals surface area contributed by atoms with Gasteiger partial charge in [-0.05, 0) is 56.2 Å². The Balaban J connectivity index is 1.90. The molecule has 0 saturated heterocycles. The minimum atomic E-state index is -3.68. The maximum Gasteiger partial charge on any atom is 0.244 e. The van der Waals surface area contributed by atoms with Crippen LogP contribution >= 0.6 is 0 Å². The average molecular weight is 434 g/mol. The summed E-state index contributed by atoms with van der Waals surface area (Å²) in [6.07, 6.45) is 5.11. The fourth-order valence-electron chi connectivity index (χ4n) is 2.39. The Labute approximate surface area is 176 Å². The highest BCUT2D eigenvalue weighted by atomic mass is 32.2. The highest BCUT2D eigenvalue weighted by Gasteiger charge is 2.16. The van der Waals surface area contributed by atoms with Gasteiger partial charge < -0.3 is 15.1 Å². The fourth-order valence-corrected chi connectivity index (χ4v) is 3.38. The smallest absolute Gasteiger partial charge is 0.244 e. The number of hydrogen-bond donors (Lipinski definition) is 3. The third-order valence-corrected chi connectivity index (χ3v) is 5.80.